The quantitative estimate of drug-likeness (QED) is 0.104. The Kier molecular flexibility index (Phi) is 15.1. The zero-order chi connectivity index (χ0) is 27.3. The number of alkyl halides is 4. The molecular weight excluding hydrogens is 616 g/mol. The first-order valence-corrected chi connectivity index (χ1v) is 12.5. The van der Waals surface area contributed by atoms with Crippen LogP contribution in [0.5, 0.6) is 0 Å². The number of methoxy groups -OCH3 is 1. The maximum atomic E-state index is 11.8. The molecule has 200 valence electrons. The maximum absolute atomic E-state index is 11.8. The molecule has 0 atom stereocenters. The number of benzene rings is 2. The molecule has 0 aliphatic rings. The molecule has 0 spiro atoms. The van der Waals surface area contributed by atoms with Crippen LogP contribution in [0.2, 0.25) is 0 Å². The van der Waals surface area contributed by atoms with Crippen molar-refractivity contribution in [2.24, 2.45) is 0 Å². The molecule has 5 nitrogen and oxygen atoms in total. The smallest absolute Gasteiger partial charge is 0.345 e. The van der Waals surface area contributed by atoms with E-state index in [2.05, 4.69) is 46.1 Å². The Morgan fingerprint density at radius 1 is 0.861 bits per heavy atom. The summed E-state index contributed by atoms with van der Waals surface area (Å²) in [5.41, 5.74) is 4.89. The molecule has 0 heterocycles. The summed E-state index contributed by atoms with van der Waals surface area (Å²) >= 11 is 6.73. The fourth-order valence-electron chi connectivity index (χ4n) is 3.19. The van der Waals surface area contributed by atoms with Gasteiger partial charge in [0.2, 0.25) is 0 Å². The third kappa shape index (κ3) is 11.5. The molecule has 0 saturated heterocycles. The van der Waals surface area contributed by atoms with Gasteiger partial charge in [-0.05, 0) is 86.1 Å². The first-order chi connectivity index (χ1) is 17.0. The van der Waals surface area contributed by atoms with Gasteiger partial charge in [-0.1, -0.05) is 31.9 Å². The van der Waals surface area contributed by atoms with Gasteiger partial charge >= 0.3 is 19.2 Å². The SMILES string of the molecule is COC(=O)c1cc(Br)c(C)c(CCCOC(F)F)c1.Cc1c(Br)cc(C=O)cc1CCCOC(F)F. The van der Waals surface area contributed by atoms with Crippen LogP contribution in [0.25, 0.3) is 0 Å². The van der Waals surface area contributed by atoms with E-state index < -0.39 is 19.2 Å². The molecule has 0 radical (unpaired) electrons. The van der Waals surface area contributed by atoms with Gasteiger partial charge in [-0.3, -0.25) is 4.79 Å². The molecule has 0 fully saturated rings. The van der Waals surface area contributed by atoms with Crippen LogP contribution in [0.15, 0.2) is 33.2 Å². The van der Waals surface area contributed by atoms with E-state index in [0.29, 0.717) is 36.8 Å². The van der Waals surface area contributed by atoms with Crippen molar-refractivity contribution in [3.63, 3.8) is 0 Å². The Hall–Kier alpha value is -1.82. The van der Waals surface area contributed by atoms with Crippen molar-refractivity contribution in [1.82, 2.24) is 0 Å². The number of aryl methyl sites for hydroxylation is 2. The van der Waals surface area contributed by atoms with Gasteiger partial charge in [0.05, 0.1) is 25.9 Å². The number of hydrogen-bond donors (Lipinski definition) is 0. The topological polar surface area (TPSA) is 61.8 Å². The first-order valence-electron chi connectivity index (χ1n) is 10.9. The molecule has 0 saturated carbocycles. The van der Waals surface area contributed by atoms with Crippen LogP contribution in [0.1, 0.15) is 55.8 Å². The first kappa shape index (κ1) is 32.2. The second-order valence-corrected chi connectivity index (χ2v) is 9.32. The summed E-state index contributed by atoms with van der Waals surface area (Å²) in [4.78, 5) is 22.2. The summed E-state index contributed by atoms with van der Waals surface area (Å²) in [7, 11) is 1.31. The fourth-order valence-corrected chi connectivity index (χ4v) is 4.21. The number of carbonyl (C=O) groups excluding carboxylic acids is 2. The Morgan fingerprint density at radius 3 is 1.78 bits per heavy atom. The number of aldehydes is 1. The van der Waals surface area contributed by atoms with Gasteiger partial charge in [-0.25, -0.2) is 4.79 Å². The van der Waals surface area contributed by atoms with Crippen LogP contribution in [0.3, 0.4) is 0 Å². The molecule has 0 aromatic heterocycles. The second-order valence-electron chi connectivity index (χ2n) is 7.61. The Balaban J connectivity index is 0.000000362. The lowest BCUT2D eigenvalue weighted by Gasteiger charge is -2.10. The normalized spacial score (nSPS) is 10.9. The average molecular weight is 644 g/mol. The van der Waals surface area contributed by atoms with Crippen molar-refractivity contribution in [3.8, 4) is 0 Å². The zero-order valence-corrected chi connectivity index (χ0v) is 23.3. The lowest BCUT2D eigenvalue weighted by molar-refractivity contribution is -0.129. The summed E-state index contributed by atoms with van der Waals surface area (Å²) < 4.78 is 61.8. The number of rotatable bonds is 12. The third-order valence-corrected chi connectivity index (χ3v) is 6.80. The van der Waals surface area contributed by atoms with Gasteiger partial charge in [-0.15, -0.1) is 0 Å². The van der Waals surface area contributed by atoms with E-state index in [1.54, 1.807) is 24.3 Å². The highest BCUT2D eigenvalue weighted by Crippen LogP contribution is 2.24. The lowest BCUT2D eigenvalue weighted by Crippen LogP contribution is -2.06. The summed E-state index contributed by atoms with van der Waals surface area (Å²) in [5, 5.41) is 0. The van der Waals surface area contributed by atoms with Crippen LogP contribution in [0, 0.1) is 13.8 Å². The van der Waals surface area contributed by atoms with E-state index in [-0.39, 0.29) is 13.2 Å². The van der Waals surface area contributed by atoms with Gasteiger partial charge in [0, 0.05) is 14.5 Å². The molecule has 0 amide bonds. The fraction of sp³-hybridized carbons (Fsp3) is 0.440. The van der Waals surface area contributed by atoms with Crippen molar-refractivity contribution in [2.75, 3.05) is 20.3 Å². The second kappa shape index (κ2) is 16.8. The maximum Gasteiger partial charge on any atom is 0.345 e. The summed E-state index contributed by atoms with van der Waals surface area (Å²) in [5.74, 6) is -0.425. The zero-order valence-electron chi connectivity index (χ0n) is 20.1. The van der Waals surface area contributed by atoms with Crippen molar-refractivity contribution >= 4 is 44.1 Å². The van der Waals surface area contributed by atoms with Crippen LogP contribution in [-0.4, -0.2) is 45.8 Å². The molecule has 0 aliphatic carbocycles. The molecule has 0 aliphatic heterocycles. The Bertz CT molecular complexity index is 1000. The van der Waals surface area contributed by atoms with Crippen LogP contribution >= 0.6 is 31.9 Å². The monoisotopic (exact) mass is 642 g/mol. The average Bonchev–Trinajstić information content (AvgIpc) is 2.83. The van der Waals surface area contributed by atoms with Gasteiger partial charge in [-0.2, -0.15) is 17.6 Å². The van der Waals surface area contributed by atoms with E-state index >= 15 is 0 Å². The van der Waals surface area contributed by atoms with E-state index in [4.69, 9.17) is 0 Å². The predicted octanol–water partition coefficient (Wildman–Crippen LogP) is 7.46. The molecule has 0 unspecified atom stereocenters. The highest BCUT2D eigenvalue weighted by Gasteiger charge is 2.12. The van der Waals surface area contributed by atoms with Crippen molar-refractivity contribution < 1.29 is 41.4 Å². The van der Waals surface area contributed by atoms with Crippen LogP contribution in [0.4, 0.5) is 17.6 Å². The molecule has 0 bridgehead atoms. The summed E-state index contributed by atoms with van der Waals surface area (Å²) in [6, 6.07) is 6.91. The Morgan fingerprint density at radius 2 is 1.33 bits per heavy atom. The van der Waals surface area contributed by atoms with Gasteiger partial charge in [0.25, 0.3) is 0 Å². The number of hydrogen-bond acceptors (Lipinski definition) is 5. The highest BCUT2D eigenvalue weighted by molar-refractivity contribution is 9.10. The third-order valence-electron chi connectivity index (χ3n) is 5.15. The van der Waals surface area contributed by atoms with E-state index in [0.717, 1.165) is 37.5 Å². The van der Waals surface area contributed by atoms with Gasteiger partial charge in [0.15, 0.2) is 0 Å². The number of halogens is 6. The van der Waals surface area contributed by atoms with Crippen LogP contribution < -0.4 is 0 Å². The molecule has 0 N–H and O–H groups in total. The van der Waals surface area contributed by atoms with Gasteiger partial charge < -0.3 is 14.2 Å². The minimum Gasteiger partial charge on any atom is -0.465 e. The van der Waals surface area contributed by atoms with E-state index in [1.807, 2.05) is 13.8 Å². The molecular formula is C25H28Br2F4O5. The van der Waals surface area contributed by atoms with Crippen molar-refractivity contribution in [1.29, 1.82) is 0 Å². The Labute approximate surface area is 224 Å². The van der Waals surface area contributed by atoms with Crippen LogP contribution in [-0.2, 0) is 27.1 Å². The van der Waals surface area contributed by atoms with Gasteiger partial charge in [0.1, 0.15) is 6.29 Å². The molecule has 2 aromatic rings. The van der Waals surface area contributed by atoms with Crippen molar-refractivity contribution in [3.05, 3.63) is 66.6 Å². The minimum atomic E-state index is -2.74. The highest BCUT2D eigenvalue weighted by atomic mass is 79.9. The minimum absolute atomic E-state index is 0.0139. The summed E-state index contributed by atoms with van der Waals surface area (Å²) in [6.07, 6.45) is 2.90. The number of carbonyl (C=O) groups is 2. The molecule has 2 aromatic carbocycles. The molecule has 11 heteroatoms. The predicted molar refractivity (Wildman–Crippen MR) is 135 cm³/mol. The van der Waals surface area contributed by atoms with E-state index in [1.165, 1.54) is 7.11 Å². The number of ether oxygens (including phenoxy) is 3. The molecule has 36 heavy (non-hydrogen) atoms. The van der Waals surface area contributed by atoms with Crippen molar-refractivity contribution in [2.45, 2.75) is 52.8 Å². The largest absolute Gasteiger partial charge is 0.465 e. The lowest BCUT2D eigenvalue weighted by atomic mass is 10.0. The molecule has 2 rings (SSSR count). The standard InChI is InChI=1S/C13H15BrF2O3.C12H13BrF2O2/c1-8-9(4-3-5-19-13(15)16)6-10(7-11(8)14)12(17)18-2;1-8-10(3-2-4-17-12(14)15)5-9(7-16)6-11(8)13/h6-7,13H,3-5H2,1-2H3;5-7,12H,2-4H2,1H3. The summed E-state index contributed by atoms with van der Waals surface area (Å²) in [6.45, 7) is -1.65. The number of esters is 1. The van der Waals surface area contributed by atoms with E-state index in [9.17, 15) is 27.2 Å².